The number of pyridine rings is 1. The highest BCUT2D eigenvalue weighted by atomic mass is 16.2. The molecule has 4 aromatic heterocycles. The third kappa shape index (κ3) is 7.60. The Hall–Kier alpha value is -5.23. The van der Waals surface area contributed by atoms with Crippen LogP contribution in [0, 0.1) is 5.92 Å². The van der Waals surface area contributed by atoms with Crippen molar-refractivity contribution < 1.29 is 9.59 Å². The van der Waals surface area contributed by atoms with Gasteiger partial charge in [0.2, 0.25) is 18.3 Å². The minimum absolute atomic E-state index is 0.246. The molecule has 0 aliphatic carbocycles. The summed E-state index contributed by atoms with van der Waals surface area (Å²) in [5.74, 6) is 1.57. The largest absolute Gasteiger partial charge is 0.338 e. The number of hydrogen-bond donors (Lipinski definition) is 2. The first-order chi connectivity index (χ1) is 23.0. The maximum absolute atomic E-state index is 12.6. The molecule has 2 amide bonds. The maximum Gasteiger partial charge on any atom is 0.250 e. The number of rotatable bonds is 9. The number of carbonyl (C=O) groups is 2. The molecule has 6 heterocycles. The van der Waals surface area contributed by atoms with Crippen molar-refractivity contribution in [2.24, 2.45) is 5.92 Å². The monoisotopic (exact) mass is 632 g/mol. The number of benzene rings is 1. The van der Waals surface area contributed by atoms with E-state index in [-0.39, 0.29) is 5.91 Å². The van der Waals surface area contributed by atoms with Crippen molar-refractivity contribution in [2.75, 3.05) is 38.0 Å². The molecule has 0 saturated carbocycles. The van der Waals surface area contributed by atoms with E-state index in [1.165, 1.54) is 18.4 Å². The standard InChI is InChI=1S/C20H26N6O.C15H14N4O/c1-2-16-4-9-24(13-16)15-19(27)25-10-5-17(6-11-25)18-12-23-26(14-18)20-21-7-3-8-22-20;1-2-11-7-10(5-6-16-11)15-13-8-12(17-9-20)3-4-14(13)18-19-15/h3,5,7-8,12,14,16H,2,4,6,9-11,13,15H2,1H3;3-9H,2H2,1H3,(H,17,20)(H,18,19). The van der Waals surface area contributed by atoms with E-state index in [1.54, 1.807) is 29.3 Å². The number of nitrogens with one attached hydrogen (secondary N) is 2. The molecule has 0 bridgehead atoms. The number of nitrogens with zero attached hydrogens (tertiary/aromatic N) is 8. The van der Waals surface area contributed by atoms with E-state index in [0.717, 1.165) is 77.5 Å². The lowest BCUT2D eigenvalue weighted by atomic mass is 10.0. The zero-order valence-electron chi connectivity index (χ0n) is 26.8. The van der Waals surface area contributed by atoms with Crippen LogP contribution in [0.4, 0.5) is 5.69 Å². The number of aromatic amines is 1. The van der Waals surface area contributed by atoms with Gasteiger partial charge in [-0.25, -0.2) is 14.6 Å². The predicted octanol–water partition coefficient (Wildman–Crippen LogP) is 4.77. The van der Waals surface area contributed by atoms with Gasteiger partial charge in [-0.05, 0) is 73.7 Å². The molecule has 2 N–H and O–H groups in total. The average Bonchev–Trinajstić information content (AvgIpc) is 3.89. The summed E-state index contributed by atoms with van der Waals surface area (Å²) in [4.78, 5) is 40.1. The first kappa shape index (κ1) is 31.7. The minimum atomic E-state index is 0.246. The topological polar surface area (TPSA) is 138 Å². The molecule has 242 valence electrons. The summed E-state index contributed by atoms with van der Waals surface area (Å²) in [5, 5.41) is 15.4. The molecule has 0 spiro atoms. The lowest BCUT2D eigenvalue weighted by Crippen LogP contribution is -2.41. The number of aryl methyl sites for hydroxylation is 1. The Bertz CT molecular complexity index is 1850. The summed E-state index contributed by atoms with van der Waals surface area (Å²) in [6.07, 6.45) is 16.0. The van der Waals surface area contributed by atoms with Crippen LogP contribution in [0.5, 0.6) is 0 Å². The smallest absolute Gasteiger partial charge is 0.250 e. The van der Waals surface area contributed by atoms with Crippen molar-refractivity contribution in [3.63, 3.8) is 0 Å². The fraction of sp³-hybridized carbons (Fsp3) is 0.343. The highest BCUT2D eigenvalue weighted by molar-refractivity contribution is 5.95. The number of amides is 2. The maximum atomic E-state index is 12.6. The first-order valence-electron chi connectivity index (χ1n) is 16.2. The van der Waals surface area contributed by atoms with Crippen LogP contribution in [-0.4, -0.2) is 89.8 Å². The van der Waals surface area contributed by atoms with Crippen molar-refractivity contribution in [1.82, 2.24) is 44.7 Å². The molecular weight excluding hydrogens is 592 g/mol. The zero-order valence-corrected chi connectivity index (χ0v) is 26.8. The van der Waals surface area contributed by atoms with Crippen molar-refractivity contribution in [1.29, 1.82) is 0 Å². The van der Waals surface area contributed by atoms with E-state index in [4.69, 9.17) is 0 Å². The summed E-state index contributed by atoms with van der Waals surface area (Å²) in [6, 6.07) is 11.4. The van der Waals surface area contributed by atoms with Crippen LogP contribution in [-0.2, 0) is 16.0 Å². The summed E-state index contributed by atoms with van der Waals surface area (Å²) >= 11 is 0. The highest BCUT2D eigenvalue weighted by Crippen LogP contribution is 2.29. The van der Waals surface area contributed by atoms with Crippen LogP contribution in [0.15, 0.2) is 73.5 Å². The highest BCUT2D eigenvalue weighted by Gasteiger charge is 2.26. The van der Waals surface area contributed by atoms with E-state index in [2.05, 4.69) is 60.4 Å². The van der Waals surface area contributed by atoms with Gasteiger partial charge in [0.05, 0.1) is 18.3 Å². The third-order valence-corrected chi connectivity index (χ3v) is 8.82. The molecule has 47 heavy (non-hydrogen) atoms. The van der Waals surface area contributed by atoms with E-state index in [9.17, 15) is 9.59 Å². The summed E-state index contributed by atoms with van der Waals surface area (Å²) in [5.41, 5.74) is 6.90. The van der Waals surface area contributed by atoms with E-state index in [1.807, 2.05) is 47.6 Å². The van der Waals surface area contributed by atoms with Crippen LogP contribution >= 0.6 is 0 Å². The molecular formula is C35H40N10O2. The predicted molar refractivity (Wildman–Crippen MR) is 182 cm³/mol. The normalized spacial score (nSPS) is 16.4. The Morgan fingerprint density at radius 1 is 1.06 bits per heavy atom. The summed E-state index contributed by atoms with van der Waals surface area (Å²) in [6.45, 7) is 8.43. The fourth-order valence-corrected chi connectivity index (χ4v) is 6.06. The molecule has 5 aromatic rings. The van der Waals surface area contributed by atoms with Gasteiger partial charge in [0, 0.05) is 72.3 Å². The number of likely N-dealkylation sites (tertiary alicyclic amines) is 1. The lowest BCUT2D eigenvalue weighted by Gasteiger charge is -2.28. The average molecular weight is 633 g/mol. The van der Waals surface area contributed by atoms with Crippen LogP contribution < -0.4 is 5.32 Å². The number of fused-ring (bicyclic) bond motifs is 1. The number of anilines is 1. The lowest BCUT2D eigenvalue weighted by molar-refractivity contribution is -0.131. The molecule has 12 heteroatoms. The second-order valence-electron chi connectivity index (χ2n) is 11.8. The van der Waals surface area contributed by atoms with Crippen LogP contribution in [0.25, 0.3) is 33.7 Å². The molecule has 1 aromatic carbocycles. The third-order valence-electron chi connectivity index (χ3n) is 8.82. The second kappa shape index (κ2) is 14.9. The van der Waals surface area contributed by atoms with Crippen LogP contribution in [0.3, 0.4) is 0 Å². The van der Waals surface area contributed by atoms with E-state index in [0.29, 0.717) is 25.4 Å². The Morgan fingerprint density at radius 2 is 1.94 bits per heavy atom. The van der Waals surface area contributed by atoms with Gasteiger partial charge in [0.25, 0.3) is 0 Å². The summed E-state index contributed by atoms with van der Waals surface area (Å²) in [7, 11) is 0. The molecule has 1 fully saturated rings. The number of aromatic nitrogens is 7. The van der Waals surface area contributed by atoms with Crippen molar-refractivity contribution in [3.05, 3.63) is 84.7 Å². The van der Waals surface area contributed by atoms with Gasteiger partial charge in [-0.2, -0.15) is 10.2 Å². The van der Waals surface area contributed by atoms with Gasteiger partial charge in [-0.1, -0.05) is 26.3 Å². The number of carbonyl (C=O) groups excluding carboxylic acids is 2. The Kier molecular flexibility index (Phi) is 10.1. The molecule has 1 atom stereocenters. The Balaban J connectivity index is 0.000000172. The molecule has 7 rings (SSSR count). The van der Waals surface area contributed by atoms with E-state index >= 15 is 0 Å². The van der Waals surface area contributed by atoms with Gasteiger partial charge in [-0.3, -0.25) is 24.6 Å². The minimum Gasteiger partial charge on any atom is -0.338 e. The Labute approximate surface area is 273 Å². The van der Waals surface area contributed by atoms with E-state index < -0.39 is 0 Å². The molecule has 2 aliphatic heterocycles. The number of hydrogen-bond acceptors (Lipinski definition) is 8. The van der Waals surface area contributed by atoms with Gasteiger partial charge in [-0.15, -0.1) is 0 Å². The molecule has 0 radical (unpaired) electrons. The van der Waals surface area contributed by atoms with Crippen molar-refractivity contribution in [2.45, 2.75) is 39.5 Å². The van der Waals surface area contributed by atoms with Crippen LogP contribution in [0.1, 0.15) is 44.4 Å². The van der Waals surface area contributed by atoms with Gasteiger partial charge >= 0.3 is 0 Å². The van der Waals surface area contributed by atoms with Crippen molar-refractivity contribution >= 4 is 34.5 Å². The van der Waals surface area contributed by atoms with Crippen LogP contribution in [0.2, 0.25) is 0 Å². The first-order valence-corrected chi connectivity index (χ1v) is 16.2. The van der Waals surface area contributed by atoms with Crippen molar-refractivity contribution in [3.8, 4) is 17.2 Å². The Morgan fingerprint density at radius 3 is 2.68 bits per heavy atom. The summed E-state index contributed by atoms with van der Waals surface area (Å²) < 4.78 is 1.69. The molecule has 12 nitrogen and oxygen atoms in total. The molecule has 1 saturated heterocycles. The zero-order chi connectivity index (χ0) is 32.6. The molecule has 1 unspecified atom stereocenters. The van der Waals surface area contributed by atoms with Gasteiger partial charge in [0.1, 0.15) is 5.69 Å². The fourth-order valence-electron chi connectivity index (χ4n) is 6.06. The SMILES string of the molecule is CCC1CCN(CC(=O)N2CC=C(c3cnn(-c4ncccn4)c3)CC2)C1.CCc1cc(-c2n[nH]c3ccc(NC=O)cc23)ccn1. The van der Waals surface area contributed by atoms with Gasteiger partial charge in [0.15, 0.2) is 0 Å². The second-order valence-corrected chi connectivity index (χ2v) is 11.8. The quantitative estimate of drug-likeness (QED) is 0.222. The molecule has 2 aliphatic rings. The van der Waals surface area contributed by atoms with Gasteiger partial charge < -0.3 is 10.2 Å². The number of H-pyrrole nitrogens is 1.